The third-order valence-electron chi connectivity index (χ3n) is 2.08. The second-order valence-electron chi connectivity index (χ2n) is 4.83. The van der Waals surface area contributed by atoms with Crippen LogP contribution in [0.5, 0.6) is 0 Å². The largest absolute Gasteiger partial charge is 0.480 e. The lowest BCUT2D eigenvalue weighted by Crippen LogP contribution is -2.45. The van der Waals surface area contributed by atoms with E-state index in [1.807, 2.05) is 0 Å². The summed E-state index contributed by atoms with van der Waals surface area (Å²) in [5, 5.41) is 12.8. The van der Waals surface area contributed by atoms with Crippen LogP contribution in [0.3, 0.4) is 0 Å². The van der Waals surface area contributed by atoms with Crippen molar-refractivity contribution in [3.05, 3.63) is 18.5 Å². The normalized spacial score (nSPS) is 14.9. The smallest absolute Gasteiger partial charge is 0.333 e. The molecular weight excluding hydrogens is 238 g/mol. The van der Waals surface area contributed by atoms with E-state index < -0.39 is 29.6 Å². The standard InChI is InChI=1S/C11H17N3O4/c1-11(2,3)18-10(17)8(7(12)9(15)16)14-6-4-5-13-14/h4-8H,12H2,1-3H3,(H,15,16). The third kappa shape index (κ3) is 3.56. The van der Waals surface area contributed by atoms with Crippen molar-refractivity contribution in [1.82, 2.24) is 9.78 Å². The molecule has 7 nitrogen and oxygen atoms in total. The van der Waals surface area contributed by atoms with E-state index in [2.05, 4.69) is 5.10 Å². The van der Waals surface area contributed by atoms with E-state index in [0.29, 0.717) is 0 Å². The van der Waals surface area contributed by atoms with E-state index in [4.69, 9.17) is 15.6 Å². The molecule has 1 aromatic rings. The molecule has 0 aliphatic rings. The Balaban J connectivity index is 2.99. The van der Waals surface area contributed by atoms with Crippen molar-refractivity contribution >= 4 is 11.9 Å². The van der Waals surface area contributed by atoms with Crippen LogP contribution in [-0.2, 0) is 14.3 Å². The summed E-state index contributed by atoms with van der Waals surface area (Å²) in [5.74, 6) is -2.01. The lowest BCUT2D eigenvalue weighted by molar-refractivity contribution is -0.163. The third-order valence-corrected chi connectivity index (χ3v) is 2.08. The highest BCUT2D eigenvalue weighted by molar-refractivity contribution is 5.84. The first kappa shape index (κ1) is 14.2. The van der Waals surface area contributed by atoms with Crippen molar-refractivity contribution in [1.29, 1.82) is 0 Å². The van der Waals surface area contributed by atoms with Gasteiger partial charge < -0.3 is 15.6 Å². The lowest BCUT2D eigenvalue weighted by Gasteiger charge is -2.25. The fourth-order valence-corrected chi connectivity index (χ4v) is 1.36. The van der Waals surface area contributed by atoms with Gasteiger partial charge in [-0.05, 0) is 26.8 Å². The average molecular weight is 255 g/mol. The Morgan fingerprint density at radius 2 is 2.06 bits per heavy atom. The summed E-state index contributed by atoms with van der Waals surface area (Å²) in [5.41, 5.74) is 4.79. The minimum absolute atomic E-state index is 0.721. The number of esters is 1. The predicted molar refractivity (Wildman–Crippen MR) is 62.7 cm³/mol. The molecule has 2 atom stereocenters. The zero-order valence-corrected chi connectivity index (χ0v) is 10.5. The number of carboxylic acid groups (broad SMARTS) is 1. The van der Waals surface area contributed by atoms with Crippen LogP contribution in [0.1, 0.15) is 26.8 Å². The van der Waals surface area contributed by atoms with Gasteiger partial charge in [-0.1, -0.05) is 0 Å². The van der Waals surface area contributed by atoms with Gasteiger partial charge in [0.2, 0.25) is 0 Å². The summed E-state index contributed by atoms with van der Waals surface area (Å²) in [7, 11) is 0. The summed E-state index contributed by atoms with van der Waals surface area (Å²) in [4.78, 5) is 22.9. The number of carbonyl (C=O) groups excluding carboxylic acids is 1. The number of nitrogens with two attached hydrogens (primary N) is 1. The molecule has 0 bridgehead atoms. The Kier molecular flexibility index (Phi) is 4.07. The topological polar surface area (TPSA) is 107 Å². The Morgan fingerprint density at radius 3 is 2.44 bits per heavy atom. The van der Waals surface area contributed by atoms with Crippen LogP contribution < -0.4 is 5.73 Å². The van der Waals surface area contributed by atoms with Gasteiger partial charge in [0, 0.05) is 12.4 Å². The van der Waals surface area contributed by atoms with Crippen LogP contribution in [0, 0.1) is 0 Å². The first-order chi connectivity index (χ1) is 8.22. The second-order valence-corrected chi connectivity index (χ2v) is 4.83. The zero-order chi connectivity index (χ0) is 13.9. The molecule has 1 rings (SSSR count). The number of nitrogens with zero attached hydrogens (tertiary/aromatic N) is 2. The molecule has 3 N–H and O–H groups in total. The maximum absolute atomic E-state index is 12.0. The lowest BCUT2D eigenvalue weighted by atomic mass is 10.1. The fourth-order valence-electron chi connectivity index (χ4n) is 1.36. The van der Waals surface area contributed by atoms with Crippen LogP contribution in [0.4, 0.5) is 0 Å². The number of hydrogen-bond acceptors (Lipinski definition) is 5. The van der Waals surface area contributed by atoms with Crippen molar-refractivity contribution in [2.45, 2.75) is 38.5 Å². The van der Waals surface area contributed by atoms with Gasteiger partial charge in [0.05, 0.1) is 0 Å². The summed E-state index contributed by atoms with van der Waals surface area (Å²) < 4.78 is 6.34. The first-order valence-corrected chi connectivity index (χ1v) is 5.43. The molecule has 1 heterocycles. The SMILES string of the molecule is CC(C)(C)OC(=O)C(C(N)C(=O)O)n1cccn1. The van der Waals surface area contributed by atoms with Crippen molar-refractivity contribution < 1.29 is 19.4 Å². The number of ether oxygens (including phenoxy) is 1. The van der Waals surface area contributed by atoms with E-state index in [0.717, 1.165) is 0 Å². The first-order valence-electron chi connectivity index (χ1n) is 5.43. The molecule has 0 saturated carbocycles. The average Bonchev–Trinajstić information content (AvgIpc) is 2.67. The van der Waals surface area contributed by atoms with Crippen molar-refractivity contribution in [3.63, 3.8) is 0 Å². The minimum Gasteiger partial charge on any atom is -0.480 e. The number of hydrogen-bond donors (Lipinski definition) is 2. The predicted octanol–water partition coefficient (Wildman–Crippen LogP) is 0.178. The summed E-state index contributed by atoms with van der Waals surface area (Å²) in [6.07, 6.45) is 2.91. The molecule has 0 aliphatic heterocycles. The van der Waals surface area contributed by atoms with Gasteiger partial charge >= 0.3 is 11.9 Å². The van der Waals surface area contributed by atoms with Crippen molar-refractivity contribution in [2.24, 2.45) is 5.73 Å². The van der Waals surface area contributed by atoms with E-state index in [1.165, 1.54) is 17.1 Å². The van der Waals surface area contributed by atoms with Crippen LogP contribution in [0.15, 0.2) is 18.5 Å². The summed E-state index contributed by atoms with van der Waals surface area (Å²) in [6.45, 7) is 5.08. The van der Waals surface area contributed by atoms with Gasteiger partial charge in [0.25, 0.3) is 0 Å². The number of aromatic nitrogens is 2. The minimum atomic E-state index is -1.42. The Bertz CT molecular complexity index is 422. The maximum atomic E-state index is 12.0. The molecule has 0 aliphatic carbocycles. The molecule has 0 amide bonds. The van der Waals surface area contributed by atoms with Gasteiger partial charge in [-0.2, -0.15) is 5.10 Å². The van der Waals surface area contributed by atoms with Crippen LogP contribution >= 0.6 is 0 Å². The molecule has 1 aromatic heterocycles. The van der Waals surface area contributed by atoms with Gasteiger partial charge in [0.15, 0.2) is 6.04 Å². The second kappa shape index (κ2) is 5.18. The Hall–Kier alpha value is -1.89. The maximum Gasteiger partial charge on any atom is 0.333 e. The quantitative estimate of drug-likeness (QED) is 0.743. The highest BCUT2D eigenvalue weighted by atomic mass is 16.6. The molecule has 0 spiro atoms. The van der Waals surface area contributed by atoms with Crippen molar-refractivity contribution in [3.8, 4) is 0 Å². The van der Waals surface area contributed by atoms with Crippen LogP contribution in [0.2, 0.25) is 0 Å². The molecule has 0 saturated heterocycles. The number of rotatable bonds is 4. The number of carboxylic acids is 1. The van der Waals surface area contributed by atoms with Gasteiger partial charge in [0.1, 0.15) is 11.6 Å². The molecule has 0 radical (unpaired) electrons. The van der Waals surface area contributed by atoms with Gasteiger partial charge in [-0.3, -0.25) is 9.48 Å². The van der Waals surface area contributed by atoms with E-state index in [9.17, 15) is 9.59 Å². The highest BCUT2D eigenvalue weighted by Gasteiger charge is 2.36. The van der Waals surface area contributed by atoms with E-state index in [-0.39, 0.29) is 0 Å². The molecule has 100 valence electrons. The van der Waals surface area contributed by atoms with Crippen LogP contribution in [-0.4, -0.2) is 38.5 Å². The summed E-state index contributed by atoms with van der Waals surface area (Å²) in [6, 6.07) is -1.03. The van der Waals surface area contributed by atoms with E-state index >= 15 is 0 Å². The molecule has 0 aromatic carbocycles. The summed E-state index contributed by atoms with van der Waals surface area (Å²) >= 11 is 0. The van der Waals surface area contributed by atoms with Gasteiger partial charge in [-0.25, -0.2) is 4.79 Å². The highest BCUT2D eigenvalue weighted by Crippen LogP contribution is 2.17. The van der Waals surface area contributed by atoms with E-state index in [1.54, 1.807) is 26.8 Å². The van der Waals surface area contributed by atoms with Crippen molar-refractivity contribution in [2.75, 3.05) is 0 Å². The monoisotopic (exact) mass is 255 g/mol. The van der Waals surface area contributed by atoms with Gasteiger partial charge in [-0.15, -0.1) is 0 Å². The van der Waals surface area contributed by atoms with Crippen LogP contribution in [0.25, 0.3) is 0 Å². The molecular formula is C11H17N3O4. The molecule has 18 heavy (non-hydrogen) atoms. The Morgan fingerprint density at radius 1 is 1.44 bits per heavy atom. The molecule has 0 fully saturated rings. The number of carbonyl (C=O) groups is 2. The Labute approximate surface area is 105 Å². The zero-order valence-electron chi connectivity index (χ0n) is 10.5. The molecule has 2 unspecified atom stereocenters. The fraction of sp³-hybridized carbons (Fsp3) is 0.545. The molecule has 7 heteroatoms. The number of aliphatic carboxylic acids is 1.